The van der Waals surface area contributed by atoms with Gasteiger partial charge in [-0.1, -0.05) is 0 Å². The Kier molecular flexibility index (Phi) is 3.66. The summed E-state index contributed by atoms with van der Waals surface area (Å²) in [4.78, 5) is 15.7. The van der Waals surface area contributed by atoms with E-state index in [4.69, 9.17) is 5.73 Å². The van der Waals surface area contributed by atoms with Crippen LogP contribution in [0.4, 0.5) is 17.1 Å². The Morgan fingerprint density at radius 3 is 2.74 bits per heavy atom. The molecular weight excluding hydrogens is 242 g/mol. The number of nitrogen functional groups attached to an aromatic ring is 1. The Labute approximate surface area is 111 Å². The summed E-state index contributed by atoms with van der Waals surface area (Å²) in [5.41, 5.74) is 9.25. The van der Waals surface area contributed by atoms with E-state index >= 15 is 0 Å². The fourth-order valence-electron chi connectivity index (χ4n) is 1.61. The van der Waals surface area contributed by atoms with Crippen LogP contribution in [-0.2, 0) is 4.74 Å². The van der Waals surface area contributed by atoms with Crippen LogP contribution < -0.4 is 11.1 Å². The second kappa shape index (κ2) is 5.39. The third-order valence-corrected chi connectivity index (χ3v) is 2.66. The Morgan fingerprint density at radius 1 is 1.32 bits per heavy atom. The molecule has 0 bridgehead atoms. The van der Waals surface area contributed by atoms with Gasteiger partial charge in [0.1, 0.15) is 0 Å². The van der Waals surface area contributed by atoms with Crippen LogP contribution >= 0.6 is 0 Å². The summed E-state index contributed by atoms with van der Waals surface area (Å²) in [5, 5.41) is 3.12. The number of nitrogens with one attached hydrogen (secondary N) is 1. The van der Waals surface area contributed by atoms with Crippen molar-refractivity contribution < 1.29 is 9.53 Å². The van der Waals surface area contributed by atoms with Gasteiger partial charge in [-0.2, -0.15) is 0 Å². The molecule has 0 aliphatic carbocycles. The monoisotopic (exact) mass is 257 g/mol. The number of pyridine rings is 1. The molecule has 1 heterocycles. The summed E-state index contributed by atoms with van der Waals surface area (Å²) >= 11 is 0. The predicted octanol–water partition coefficient (Wildman–Crippen LogP) is 2.50. The molecule has 0 saturated carbocycles. The molecule has 0 spiro atoms. The number of rotatable bonds is 3. The highest BCUT2D eigenvalue weighted by Crippen LogP contribution is 2.24. The van der Waals surface area contributed by atoms with Gasteiger partial charge in [0.05, 0.1) is 35.9 Å². The third-order valence-electron chi connectivity index (χ3n) is 2.66. The molecule has 0 amide bonds. The average Bonchev–Trinajstić information content (AvgIpc) is 2.43. The lowest BCUT2D eigenvalue weighted by Gasteiger charge is -2.10. The number of aromatic nitrogens is 1. The molecule has 3 N–H and O–H groups in total. The van der Waals surface area contributed by atoms with E-state index in [1.54, 1.807) is 24.4 Å². The Bertz CT molecular complexity index is 594. The standard InChI is InChI=1S/C14H15N3O2/c1-9-3-5-11(8-16-9)17-13-7-10(14(18)19-2)4-6-12(13)15/h3-8,17H,15H2,1-2H3. The summed E-state index contributed by atoms with van der Waals surface area (Å²) in [5.74, 6) is -0.398. The van der Waals surface area contributed by atoms with Gasteiger partial charge < -0.3 is 15.8 Å². The summed E-state index contributed by atoms with van der Waals surface area (Å²) in [6.07, 6.45) is 1.71. The highest BCUT2D eigenvalue weighted by molar-refractivity contribution is 5.92. The van der Waals surface area contributed by atoms with E-state index in [9.17, 15) is 4.79 Å². The smallest absolute Gasteiger partial charge is 0.337 e. The van der Waals surface area contributed by atoms with Gasteiger partial charge in [0.2, 0.25) is 0 Å². The first-order valence-electron chi connectivity index (χ1n) is 5.77. The summed E-state index contributed by atoms with van der Waals surface area (Å²) in [7, 11) is 1.34. The lowest BCUT2D eigenvalue weighted by atomic mass is 10.1. The van der Waals surface area contributed by atoms with Crippen LogP contribution in [0, 0.1) is 6.92 Å². The average molecular weight is 257 g/mol. The Hall–Kier alpha value is -2.56. The van der Waals surface area contributed by atoms with Crippen LogP contribution in [0.15, 0.2) is 36.5 Å². The number of benzene rings is 1. The molecule has 1 aromatic heterocycles. The molecule has 0 saturated heterocycles. The maximum Gasteiger partial charge on any atom is 0.337 e. The number of hydrogen-bond acceptors (Lipinski definition) is 5. The number of esters is 1. The Morgan fingerprint density at radius 2 is 2.11 bits per heavy atom. The molecule has 1 aromatic carbocycles. The number of carbonyl (C=O) groups is 1. The number of anilines is 3. The molecule has 5 heteroatoms. The maximum atomic E-state index is 11.5. The maximum absolute atomic E-state index is 11.5. The zero-order valence-corrected chi connectivity index (χ0v) is 10.8. The third kappa shape index (κ3) is 3.01. The summed E-state index contributed by atoms with van der Waals surface area (Å²) in [6, 6.07) is 8.73. The van der Waals surface area contributed by atoms with E-state index in [-0.39, 0.29) is 0 Å². The topological polar surface area (TPSA) is 77.2 Å². The highest BCUT2D eigenvalue weighted by atomic mass is 16.5. The van der Waals surface area contributed by atoms with Crippen molar-refractivity contribution >= 4 is 23.0 Å². The summed E-state index contributed by atoms with van der Waals surface area (Å²) < 4.78 is 4.68. The predicted molar refractivity (Wildman–Crippen MR) is 74.5 cm³/mol. The van der Waals surface area contributed by atoms with Gasteiger partial charge in [-0.25, -0.2) is 4.79 Å². The summed E-state index contributed by atoms with van der Waals surface area (Å²) in [6.45, 7) is 1.91. The van der Waals surface area contributed by atoms with Crippen LogP contribution in [0.25, 0.3) is 0 Å². The fourth-order valence-corrected chi connectivity index (χ4v) is 1.61. The second-order valence-electron chi connectivity index (χ2n) is 4.11. The number of ether oxygens (including phenoxy) is 1. The van der Waals surface area contributed by atoms with Crippen molar-refractivity contribution in [2.45, 2.75) is 6.92 Å². The number of nitrogens with two attached hydrogens (primary N) is 1. The highest BCUT2D eigenvalue weighted by Gasteiger charge is 2.08. The van der Waals surface area contributed by atoms with Gasteiger partial charge in [0.25, 0.3) is 0 Å². The molecule has 0 unspecified atom stereocenters. The van der Waals surface area contributed by atoms with Gasteiger partial charge >= 0.3 is 5.97 Å². The first-order valence-corrected chi connectivity index (χ1v) is 5.77. The van der Waals surface area contributed by atoms with Gasteiger partial charge in [-0.15, -0.1) is 0 Å². The number of aryl methyl sites for hydroxylation is 1. The molecule has 0 aliphatic rings. The Balaban J connectivity index is 2.28. The first-order chi connectivity index (χ1) is 9.10. The van der Waals surface area contributed by atoms with Crippen molar-refractivity contribution in [2.24, 2.45) is 0 Å². The van der Waals surface area contributed by atoms with E-state index in [0.717, 1.165) is 11.4 Å². The van der Waals surface area contributed by atoms with Crippen molar-refractivity contribution in [1.29, 1.82) is 0 Å². The molecule has 0 aliphatic heterocycles. The molecular formula is C14H15N3O2. The van der Waals surface area contributed by atoms with Crippen molar-refractivity contribution in [3.63, 3.8) is 0 Å². The number of nitrogens with zero attached hydrogens (tertiary/aromatic N) is 1. The minimum Gasteiger partial charge on any atom is -0.465 e. The first kappa shape index (κ1) is 12.9. The fraction of sp³-hybridized carbons (Fsp3) is 0.143. The van der Waals surface area contributed by atoms with E-state index in [1.165, 1.54) is 7.11 Å². The minimum atomic E-state index is -0.398. The molecule has 5 nitrogen and oxygen atoms in total. The molecule has 98 valence electrons. The SMILES string of the molecule is COC(=O)c1ccc(N)c(Nc2ccc(C)nc2)c1. The largest absolute Gasteiger partial charge is 0.465 e. The van der Waals surface area contributed by atoms with Crippen molar-refractivity contribution in [3.8, 4) is 0 Å². The van der Waals surface area contributed by atoms with Crippen molar-refractivity contribution in [2.75, 3.05) is 18.2 Å². The number of carbonyl (C=O) groups excluding carboxylic acids is 1. The molecule has 19 heavy (non-hydrogen) atoms. The van der Waals surface area contributed by atoms with Gasteiger partial charge in [-0.3, -0.25) is 4.98 Å². The number of hydrogen-bond donors (Lipinski definition) is 2. The minimum absolute atomic E-state index is 0.398. The van der Waals surface area contributed by atoms with E-state index < -0.39 is 5.97 Å². The number of methoxy groups -OCH3 is 1. The van der Waals surface area contributed by atoms with Crippen LogP contribution in [0.3, 0.4) is 0 Å². The van der Waals surface area contributed by atoms with Crippen LogP contribution in [0.1, 0.15) is 16.1 Å². The van der Waals surface area contributed by atoms with E-state index in [0.29, 0.717) is 16.9 Å². The normalized spacial score (nSPS) is 10.0. The van der Waals surface area contributed by atoms with Crippen LogP contribution in [0.5, 0.6) is 0 Å². The van der Waals surface area contributed by atoms with Crippen molar-refractivity contribution in [3.05, 3.63) is 47.8 Å². The van der Waals surface area contributed by atoms with Gasteiger partial charge in [0.15, 0.2) is 0 Å². The quantitative estimate of drug-likeness (QED) is 0.652. The lowest BCUT2D eigenvalue weighted by Crippen LogP contribution is -2.04. The molecule has 0 atom stereocenters. The van der Waals surface area contributed by atoms with Crippen molar-refractivity contribution in [1.82, 2.24) is 4.98 Å². The molecule has 0 fully saturated rings. The molecule has 0 radical (unpaired) electrons. The zero-order valence-electron chi connectivity index (χ0n) is 10.8. The zero-order chi connectivity index (χ0) is 13.8. The van der Waals surface area contributed by atoms with Gasteiger partial charge in [0, 0.05) is 5.69 Å². The van der Waals surface area contributed by atoms with E-state index in [2.05, 4.69) is 15.0 Å². The van der Waals surface area contributed by atoms with Crippen LogP contribution in [0.2, 0.25) is 0 Å². The van der Waals surface area contributed by atoms with E-state index in [1.807, 2.05) is 19.1 Å². The molecule has 2 rings (SSSR count). The van der Waals surface area contributed by atoms with Crippen LogP contribution in [-0.4, -0.2) is 18.1 Å². The second-order valence-corrected chi connectivity index (χ2v) is 4.11. The lowest BCUT2D eigenvalue weighted by molar-refractivity contribution is 0.0601. The molecule has 2 aromatic rings. The van der Waals surface area contributed by atoms with Gasteiger partial charge in [-0.05, 0) is 37.3 Å².